The molecule has 38 heavy (non-hydrogen) atoms. The summed E-state index contributed by atoms with van der Waals surface area (Å²) in [7, 11) is 0. The van der Waals surface area contributed by atoms with Crippen LogP contribution >= 0.6 is 0 Å². The lowest BCUT2D eigenvalue weighted by molar-refractivity contribution is -0.132. The van der Waals surface area contributed by atoms with E-state index < -0.39 is 17.7 Å². The van der Waals surface area contributed by atoms with Crippen LogP contribution in [0, 0.1) is 0 Å². The van der Waals surface area contributed by atoms with Gasteiger partial charge in [0.1, 0.15) is 11.5 Å². The van der Waals surface area contributed by atoms with E-state index in [1.165, 1.54) is 11.8 Å². The maximum absolute atomic E-state index is 13.5. The zero-order valence-corrected chi connectivity index (χ0v) is 22.1. The van der Waals surface area contributed by atoms with Gasteiger partial charge in [-0.15, -0.1) is 0 Å². The highest BCUT2D eigenvalue weighted by molar-refractivity contribution is 6.51. The van der Waals surface area contributed by atoms with Crippen molar-refractivity contribution in [3.63, 3.8) is 0 Å². The number of hydrogen-bond acceptors (Lipinski definition) is 6. The molecule has 0 aliphatic carbocycles. The first-order chi connectivity index (χ1) is 18.0. The van der Waals surface area contributed by atoms with Crippen molar-refractivity contribution >= 4 is 34.7 Å². The lowest BCUT2D eigenvalue weighted by Crippen LogP contribution is -2.29. The fraction of sp³-hybridized carbons (Fsp3) is 0.267. The predicted molar refractivity (Wildman–Crippen MR) is 146 cm³/mol. The topological polar surface area (TPSA) is 109 Å². The third-order valence-electron chi connectivity index (χ3n) is 6.25. The molecule has 2 N–H and O–H groups in total. The molecule has 1 saturated heterocycles. The average Bonchev–Trinajstić information content (AvgIpc) is 3.14. The van der Waals surface area contributed by atoms with Gasteiger partial charge in [0.05, 0.1) is 18.2 Å². The highest BCUT2D eigenvalue weighted by atomic mass is 16.5. The van der Waals surface area contributed by atoms with E-state index in [1.54, 1.807) is 67.0 Å². The Balaban J connectivity index is 1.92. The summed E-state index contributed by atoms with van der Waals surface area (Å²) in [6.45, 7) is 9.87. The Kier molecular flexibility index (Phi) is 7.35. The molecule has 8 heteroatoms. The van der Waals surface area contributed by atoms with Gasteiger partial charge in [0.15, 0.2) is 0 Å². The van der Waals surface area contributed by atoms with Gasteiger partial charge >= 0.3 is 0 Å². The minimum atomic E-state index is -0.930. The molecule has 1 fully saturated rings. The van der Waals surface area contributed by atoms with Crippen LogP contribution in [0.1, 0.15) is 57.4 Å². The molecular weight excluding hydrogens is 482 g/mol. The first kappa shape index (κ1) is 26.6. The SMILES string of the molecule is CCOc1ccc(/C(O)=C2/C(=O)C(=O)N(c3cccc(NC(C)=O)c3)C2c2cccnc2)cc1C(C)(C)C. The monoisotopic (exact) mass is 513 g/mol. The number of hydrogen-bond donors (Lipinski definition) is 2. The molecule has 1 atom stereocenters. The fourth-order valence-corrected chi connectivity index (χ4v) is 4.59. The Morgan fingerprint density at radius 3 is 2.50 bits per heavy atom. The fourth-order valence-electron chi connectivity index (χ4n) is 4.59. The summed E-state index contributed by atoms with van der Waals surface area (Å²) < 4.78 is 5.80. The molecule has 1 unspecified atom stereocenters. The number of aliphatic hydroxyl groups excluding tert-OH is 1. The first-order valence-corrected chi connectivity index (χ1v) is 12.4. The number of Topliss-reactive ketones (excluding diaryl/α,β-unsaturated/α-hetero) is 1. The number of nitrogens with one attached hydrogen (secondary N) is 1. The quantitative estimate of drug-likeness (QED) is 0.261. The Hall–Kier alpha value is -4.46. The van der Waals surface area contributed by atoms with E-state index in [0.29, 0.717) is 34.9 Å². The Morgan fingerprint density at radius 2 is 1.87 bits per heavy atom. The predicted octanol–water partition coefficient (Wildman–Crippen LogP) is 5.36. The van der Waals surface area contributed by atoms with Gasteiger partial charge < -0.3 is 15.2 Å². The van der Waals surface area contributed by atoms with Gasteiger partial charge in [0.2, 0.25) is 5.91 Å². The van der Waals surface area contributed by atoms with Crippen LogP contribution in [-0.4, -0.2) is 34.3 Å². The lowest BCUT2D eigenvalue weighted by atomic mass is 9.84. The summed E-state index contributed by atoms with van der Waals surface area (Å²) in [6, 6.07) is 14.4. The molecule has 4 rings (SSSR count). The van der Waals surface area contributed by atoms with Crippen LogP contribution < -0.4 is 15.0 Å². The van der Waals surface area contributed by atoms with Crippen LogP contribution in [-0.2, 0) is 19.8 Å². The summed E-state index contributed by atoms with van der Waals surface area (Å²) in [5.74, 6) is -1.46. The van der Waals surface area contributed by atoms with Gasteiger partial charge in [-0.25, -0.2) is 0 Å². The summed E-state index contributed by atoms with van der Waals surface area (Å²) in [6.07, 6.45) is 3.16. The number of anilines is 2. The zero-order valence-electron chi connectivity index (χ0n) is 22.1. The standard InChI is InChI=1S/C30H31N3O5/c1-6-38-24-13-12-19(15-23(24)30(3,4)5)27(35)25-26(20-9-8-14-31-17-20)33(29(37)28(25)36)22-11-7-10-21(16-22)32-18(2)34/h7-17,26,35H,6H2,1-5H3,(H,32,34)/b27-25-. The van der Waals surface area contributed by atoms with E-state index in [9.17, 15) is 19.5 Å². The normalized spacial score (nSPS) is 17.0. The molecule has 0 saturated carbocycles. The van der Waals surface area contributed by atoms with Gasteiger partial charge in [0.25, 0.3) is 11.7 Å². The third kappa shape index (κ3) is 5.16. The van der Waals surface area contributed by atoms with Crippen molar-refractivity contribution in [3.05, 3.63) is 89.3 Å². The van der Waals surface area contributed by atoms with E-state index in [0.717, 1.165) is 5.56 Å². The molecule has 1 aliphatic heterocycles. The largest absolute Gasteiger partial charge is 0.507 e. The minimum Gasteiger partial charge on any atom is -0.507 e. The smallest absolute Gasteiger partial charge is 0.300 e. The Labute approximate surface area is 222 Å². The third-order valence-corrected chi connectivity index (χ3v) is 6.25. The summed E-state index contributed by atoms with van der Waals surface area (Å²) in [5, 5.41) is 14.2. The van der Waals surface area contributed by atoms with Crippen LogP contribution in [0.4, 0.5) is 11.4 Å². The van der Waals surface area contributed by atoms with E-state index in [1.807, 2.05) is 27.7 Å². The number of pyridine rings is 1. The highest BCUT2D eigenvalue weighted by Gasteiger charge is 2.47. The number of carbonyl (C=O) groups is 3. The molecule has 1 aliphatic rings. The van der Waals surface area contributed by atoms with Crippen LogP contribution in [0.15, 0.2) is 72.6 Å². The van der Waals surface area contributed by atoms with Gasteiger partial charge in [-0.2, -0.15) is 0 Å². The second-order valence-electron chi connectivity index (χ2n) is 10.1. The molecule has 2 amide bonds. The maximum Gasteiger partial charge on any atom is 0.300 e. The molecule has 0 bridgehead atoms. The van der Waals surface area contributed by atoms with Crippen molar-refractivity contribution in [3.8, 4) is 5.75 Å². The number of ketones is 1. The molecule has 8 nitrogen and oxygen atoms in total. The van der Waals surface area contributed by atoms with Crippen molar-refractivity contribution in [2.45, 2.75) is 46.1 Å². The van der Waals surface area contributed by atoms with Crippen molar-refractivity contribution in [2.75, 3.05) is 16.8 Å². The first-order valence-electron chi connectivity index (χ1n) is 12.4. The molecule has 0 radical (unpaired) electrons. The Morgan fingerprint density at radius 1 is 1.11 bits per heavy atom. The van der Waals surface area contributed by atoms with E-state index in [2.05, 4.69) is 10.3 Å². The molecule has 2 aromatic carbocycles. The van der Waals surface area contributed by atoms with Crippen LogP contribution in [0.2, 0.25) is 0 Å². The average molecular weight is 514 g/mol. The molecule has 196 valence electrons. The number of aliphatic hydroxyl groups is 1. The Bertz CT molecular complexity index is 1420. The van der Waals surface area contributed by atoms with Gasteiger partial charge in [-0.05, 0) is 60.4 Å². The number of aromatic nitrogens is 1. The lowest BCUT2D eigenvalue weighted by Gasteiger charge is -2.26. The molecule has 3 aromatic rings. The second-order valence-corrected chi connectivity index (χ2v) is 10.1. The summed E-state index contributed by atoms with van der Waals surface area (Å²) in [5.41, 5.74) is 2.34. The number of carbonyl (C=O) groups excluding carboxylic acids is 3. The van der Waals surface area contributed by atoms with Gasteiger partial charge in [-0.3, -0.25) is 24.3 Å². The van der Waals surface area contributed by atoms with E-state index in [-0.39, 0.29) is 22.7 Å². The molecule has 2 heterocycles. The molecule has 0 spiro atoms. The highest BCUT2D eigenvalue weighted by Crippen LogP contribution is 2.43. The molecular formula is C30H31N3O5. The van der Waals surface area contributed by atoms with Crippen molar-refractivity contribution in [2.24, 2.45) is 0 Å². The number of rotatable bonds is 6. The minimum absolute atomic E-state index is 0.0445. The van der Waals surface area contributed by atoms with Crippen molar-refractivity contribution in [1.29, 1.82) is 0 Å². The zero-order chi connectivity index (χ0) is 27.6. The number of benzene rings is 2. The molecule has 1 aromatic heterocycles. The summed E-state index contributed by atoms with van der Waals surface area (Å²) >= 11 is 0. The maximum atomic E-state index is 13.5. The number of ether oxygens (including phenoxy) is 1. The van der Waals surface area contributed by atoms with Crippen molar-refractivity contribution in [1.82, 2.24) is 4.98 Å². The summed E-state index contributed by atoms with van der Waals surface area (Å²) in [4.78, 5) is 44.0. The number of nitrogens with zero attached hydrogens (tertiary/aromatic N) is 2. The van der Waals surface area contributed by atoms with Gasteiger partial charge in [-0.1, -0.05) is 32.9 Å². The van der Waals surface area contributed by atoms with Crippen LogP contribution in [0.5, 0.6) is 5.75 Å². The second kappa shape index (κ2) is 10.5. The van der Waals surface area contributed by atoms with E-state index >= 15 is 0 Å². The van der Waals surface area contributed by atoms with E-state index in [4.69, 9.17) is 4.74 Å². The van der Waals surface area contributed by atoms with Gasteiger partial charge in [0, 0.05) is 41.8 Å². The van der Waals surface area contributed by atoms with Crippen molar-refractivity contribution < 1.29 is 24.2 Å². The van der Waals surface area contributed by atoms with Crippen LogP contribution in [0.25, 0.3) is 5.76 Å². The number of amides is 2. The van der Waals surface area contributed by atoms with Crippen LogP contribution in [0.3, 0.4) is 0 Å².